The fraction of sp³-hybridized carbons (Fsp3) is 0.625. The lowest BCUT2D eigenvalue weighted by Crippen LogP contribution is -2.30. The van der Waals surface area contributed by atoms with E-state index in [-0.39, 0.29) is 0 Å². The summed E-state index contributed by atoms with van der Waals surface area (Å²) in [6.07, 6.45) is 3.74. The van der Waals surface area contributed by atoms with Crippen LogP contribution in [0, 0.1) is 11.8 Å². The quantitative estimate of drug-likeness (QED) is 0.814. The van der Waals surface area contributed by atoms with Crippen molar-refractivity contribution in [3.63, 3.8) is 0 Å². The van der Waals surface area contributed by atoms with E-state index in [1.54, 1.807) is 0 Å². The zero-order chi connectivity index (χ0) is 14.1. The Kier molecular flexibility index (Phi) is 3.64. The van der Waals surface area contributed by atoms with E-state index >= 15 is 0 Å². The van der Waals surface area contributed by atoms with Crippen LogP contribution in [-0.4, -0.2) is 19.3 Å². The third-order valence-corrected chi connectivity index (χ3v) is 4.25. The van der Waals surface area contributed by atoms with Crippen LogP contribution in [0.5, 0.6) is 11.5 Å². The molecule has 0 saturated heterocycles. The molecule has 1 saturated carbocycles. The Labute approximate surface area is 120 Å². The third kappa shape index (κ3) is 2.79. The Morgan fingerprint density at radius 2 is 1.60 bits per heavy atom. The molecule has 110 valence electrons. The van der Waals surface area contributed by atoms with Gasteiger partial charge in [-0.2, -0.15) is 0 Å². The number of hydrogen-bond donors (Lipinski definition) is 2. The number of fused-ring (bicyclic) bond motifs is 1. The summed E-state index contributed by atoms with van der Waals surface area (Å²) < 4.78 is 11.2. The number of ether oxygens (including phenoxy) is 2. The average Bonchev–Trinajstić information content (AvgIpc) is 2.38. The van der Waals surface area contributed by atoms with Gasteiger partial charge in [-0.1, -0.05) is 13.8 Å². The number of nitrogen functional groups attached to an aromatic ring is 1. The summed E-state index contributed by atoms with van der Waals surface area (Å²) in [6.45, 7) is 5.86. The van der Waals surface area contributed by atoms with Crippen molar-refractivity contribution in [2.24, 2.45) is 11.8 Å². The molecule has 3 N–H and O–H groups in total. The molecule has 1 aliphatic heterocycles. The van der Waals surface area contributed by atoms with Crippen molar-refractivity contribution < 1.29 is 9.47 Å². The summed E-state index contributed by atoms with van der Waals surface area (Å²) in [6, 6.07) is 4.35. The largest absolute Gasteiger partial charge is 0.486 e. The topological polar surface area (TPSA) is 56.5 Å². The van der Waals surface area contributed by atoms with Crippen molar-refractivity contribution in [1.82, 2.24) is 0 Å². The Bertz CT molecular complexity index is 480. The second-order valence-electron chi connectivity index (χ2n) is 6.34. The molecule has 4 heteroatoms. The minimum atomic E-state index is 0.499. The predicted octanol–water partition coefficient (Wildman–Crippen LogP) is 3.28. The minimum absolute atomic E-state index is 0.499. The smallest absolute Gasteiger partial charge is 0.163 e. The highest BCUT2D eigenvalue weighted by Gasteiger charge is 2.25. The van der Waals surface area contributed by atoms with Gasteiger partial charge in [-0.25, -0.2) is 0 Å². The summed E-state index contributed by atoms with van der Waals surface area (Å²) in [4.78, 5) is 0. The van der Waals surface area contributed by atoms with Crippen LogP contribution in [0.25, 0.3) is 0 Å². The lowest BCUT2D eigenvalue weighted by molar-refractivity contribution is 0.172. The van der Waals surface area contributed by atoms with E-state index in [0.717, 1.165) is 34.7 Å². The zero-order valence-electron chi connectivity index (χ0n) is 12.3. The summed E-state index contributed by atoms with van der Waals surface area (Å²) >= 11 is 0. The van der Waals surface area contributed by atoms with Gasteiger partial charge in [-0.05, 0) is 31.1 Å². The van der Waals surface area contributed by atoms with Crippen molar-refractivity contribution >= 4 is 11.4 Å². The van der Waals surface area contributed by atoms with Crippen molar-refractivity contribution in [1.29, 1.82) is 0 Å². The van der Waals surface area contributed by atoms with Gasteiger partial charge >= 0.3 is 0 Å². The van der Waals surface area contributed by atoms with Crippen LogP contribution < -0.4 is 20.5 Å². The van der Waals surface area contributed by atoms with Crippen molar-refractivity contribution in [3.8, 4) is 11.5 Å². The first kappa shape index (κ1) is 13.4. The molecule has 2 aliphatic rings. The fourth-order valence-corrected chi connectivity index (χ4v) is 3.51. The van der Waals surface area contributed by atoms with E-state index in [4.69, 9.17) is 15.2 Å². The molecule has 0 spiro atoms. The van der Waals surface area contributed by atoms with E-state index in [1.165, 1.54) is 19.3 Å². The van der Waals surface area contributed by atoms with Crippen LogP contribution in [0.2, 0.25) is 0 Å². The summed E-state index contributed by atoms with van der Waals surface area (Å²) in [5, 5.41) is 3.60. The molecule has 1 heterocycles. The molecule has 1 aromatic rings. The van der Waals surface area contributed by atoms with E-state index in [1.807, 2.05) is 12.1 Å². The van der Waals surface area contributed by atoms with Crippen molar-refractivity contribution in [2.45, 2.75) is 39.2 Å². The molecule has 20 heavy (non-hydrogen) atoms. The van der Waals surface area contributed by atoms with E-state index in [0.29, 0.717) is 19.3 Å². The maximum absolute atomic E-state index is 6.13. The Hall–Kier alpha value is -1.58. The lowest BCUT2D eigenvalue weighted by Gasteiger charge is -2.33. The maximum Gasteiger partial charge on any atom is 0.163 e. The normalized spacial score (nSPS) is 29.0. The molecule has 2 atom stereocenters. The highest BCUT2D eigenvalue weighted by Crippen LogP contribution is 2.38. The second kappa shape index (κ2) is 5.43. The summed E-state index contributed by atoms with van der Waals surface area (Å²) in [5.41, 5.74) is 7.84. The Balaban J connectivity index is 1.76. The standard InChI is InChI=1S/C16H24N2O2/c1-10-5-11(2)7-12(6-10)18-14-9-16-15(8-13(14)17)19-3-4-20-16/h8-12,18H,3-7,17H2,1-2H3. The molecular weight excluding hydrogens is 252 g/mol. The number of anilines is 2. The summed E-state index contributed by atoms with van der Waals surface area (Å²) in [7, 11) is 0. The van der Waals surface area contributed by atoms with Gasteiger partial charge < -0.3 is 20.5 Å². The summed E-state index contributed by atoms with van der Waals surface area (Å²) in [5.74, 6) is 3.10. The first-order valence-corrected chi connectivity index (χ1v) is 7.57. The van der Waals surface area contributed by atoms with E-state index in [9.17, 15) is 0 Å². The van der Waals surface area contributed by atoms with Gasteiger partial charge in [0.2, 0.25) is 0 Å². The highest BCUT2D eigenvalue weighted by atomic mass is 16.6. The highest BCUT2D eigenvalue weighted by molar-refractivity contribution is 5.72. The van der Waals surface area contributed by atoms with Crippen molar-refractivity contribution in [2.75, 3.05) is 24.3 Å². The zero-order valence-corrected chi connectivity index (χ0v) is 12.3. The van der Waals surface area contributed by atoms with Crippen LogP contribution in [0.1, 0.15) is 33.1 Å². The maximum atomic E-state index is 6.13. The molecule has 0 aromatic heterocycles. The third-order valence-electron chi connectivity index (χ3n) is 4.25. The molecule has 1 aromatic carbocycles. The first-order valence-electron chi connectivity index (χ1n) is 7.57. The number of hydrogen-bond acceptors (Lipinski definition) is 4. The van der Waals surface area contributed by atoms with Gasteiger partial charge in [-0.15, -0.1) is 0 Å². The van der Waals surface area contributed by atoms with E-state index < -0.39 is 0 Å². The van der Waals surface area contributed by atoms with Crippen LogP contribution in [-0.2, 0) is 0 Å². The van der Waals surface area contributed by atoms with Gasteiger partial charge in [0.1, 0.15) is 13.2 Å². The van der Waals surface area contributed by atoms with E-state index in [2.05, 4.69) is 19.2 Å². The Morgan fingerprint density at radius 1 is 1.00 bits per heavy atom. The van der Waals surface area contributed by atoms with Crippen molar-refractivity contribution in [3.05, 3.63) is 12.1 Å². The number of nitrogens with two attached hydrogens (primary N) is 1. The molecule has 1 aliphatic carbocycles. The average molecular weight is 276 g/mol. The molecule has 3 rings (SSSR count). The number of rotatable bonds is 2. The molecule has 4 nitrogen and oxygen atoms in total. The van der Waals surface area contributed by atoms with Crippen LogP contribution in [0.4, 0.5) is 11.4 Å². The van der Waals surface area contributed by atoms with Gasteiger partial charge in [-0.3, -0.25) is 0 Å². The van der Waals surface area contributed by atoms with Crippen LogP contribution in [0.3, 0.4) is 0 Å². The van der Waals surface area contributed by atoms with Crippen LogP contribution >= 0.6 is 0 Å². The molecule has 2 unspecified atom stereocenters. The lowest BCUT2D eigenvalue weighted by atomic mass is 9.80. The Morgan fingerprint density at radius 3 is 2.25 bits per heavy atom. The second-order valence-corrected chi connectivity index (χ2v) is 6.34. The van der Waals surface area contributed by atoms with Gasteiger partial charge in [0.15, 0.2) is 11.5 Å². The number of nitrogens with one attached hydrogen (secondary N) is 1. The first-order chi connectivity index (χ1) is 9.61. The minimum Gasteiger partial charge on any atom is -0.486 e. The van der Waals surface area contributed by atoms with Crippen LogP contribution in [0.15, 0.2) is 12.1 Å². The van der Waals surface area contributed by atoms with Gasteiger partial charge in [0.05, 0.1) is 11.4 Å². The SMILES string of the molecule is CC1CC(C)CC(Nc2cc3c(cc2N)OCCO3)C1. The molecular formula is C16H24N2O2. The molecule has 1 fully saturated rings. The molecule has 0 radical (unpaired) electrons. The fourth-order valence-electron chi connectivity index (χ4n) is 3.51. The predicted molar refractivity (Wildman–Crippen MR) is 81.4 cm³/mol. The molecule has 0 bridgehead atoms. The monoisotopic (exact) mass is 276 g/mol. The van der Waals surface area contributed by atoms with Gasteiger partial charge in [0, 0.05) is 18.2 Å². The molecule has 0 amide bonds. The van der Waals surface area contributed by atoms with Gasteiger partial charge in [0.25, 0.3) is 0 Å². The number of benzene rings is 1.